The molecule has 0 aliphatic rings. The molecular weight excluding hydrogens is 323 g/mol. The Balaban J connectivity index is 1.94. The fourth-order valence-corrected chi connectivity index (χ4v) is 2.10. The number of benzene rings is 1. The summed E-state index contributed by atoms with van der Waals surface area (Å²) in [6.07, 6.45) is -4.44. The predicted molar refractivity (Wildman–Crippen MR) is 82.1 cm³/mol. The zero-order valence-corrected chi connectivity index (χ0v) is 13.6. The number of nitrogens with zero attached hydrogens (tertiary/aromatic N) is 4. The van der Waals surface area contributed by atoms with Gasteiger partial charge in [0.2, 0.25) is 5.91 Å². The Kier molecular flexibility index (Phi) is 5.23. The molecule has 0 unspecified atom stereocenters. The van der Waals surface area contributed by atoms with E-state index in [1.807, 2.05) is 14.0 Å². The minimum absolute atomic E-state index is 0.0160. The van der Waals surface area contributed by atoms with Crippen molar-refractivity contribution < 1.29 is 18.0 Å². The molecule has 1 aromatic carbocycles. The number of likely N-dealkylation sites (N-methyl/N-ethyl adjacent to an activating group) is 1. The lowest BCUT2D eigenvalue weighted by Crippen LogP contribution is -2.30. The van der Waals surface area contributed by atoms with Crippen LogP contribution in [0.2, 0.25) is 0 Å². The van der Waals surface area contributed by atoms with Gasteiger partial charge in [-0.1, -0.05) is 6.07 Å². The molecule has 1 N–H and O–H groups in total. The first-order chi connectivity index (χ1) is 11.2. The lowest BCUT2D eigenvalue weighted by atomic mass is 10.2. The summed E-state index contributed by atoms with van der Waals surface area (Å²) in [5.74, 6) is 1.05. The highest BCUT2D eigenvalue weighted by Crippen LogP contribution is 2.30. The molecule has 0 spiro atoms. The smallest absolute Gasteiger partial charge is 0.325 e. The third-order valence-electron chi connectivity index (χ3n) is 3.48. The lowest BCUT2D eigenvalue weighted by Gasteiger charge is -2.16. The van der Waals surface area contributed by atoms with Crippen LogP contribution in [0.4, 0.5) is 18.9 Å². The minimum atomic E-state index is -4.44. The Labute approximate surface area is 137 Å². The maximum absolute atomic E-state index is 12.7. The molecule has 24 heavy (non-hydrogen) atoms. The predicted octanol–water partition coefficient (Wildman–Crippen LogP) is 2.21. The van der Waals surface area contributed by atoms with E-state index in [4.69, 9.17) is 0 Å². The van der Waals surface area contributed by atoms with Gasteiger partial charge in [-0.3, -0.25) is 9.69 Å². The van der Waals surface area contributed by atoms with E-state index in [-0.39, 0.29) is 12.2 Å². The second kappa shape index (κ2) is 7.00. The monoisotopic (exact) mass is 341 g/mol. The first-order valence-electron chi connectivity index (χ1n) is 7.17. The summed E-state index contributed by atoms with van der Waals surface area (Å²) in [7, 11) is 3.54. The molecule has 0 fully saturated rings. The molecule has 2 rings (SSSR count). The van der Waals surface area contributed by atoms with Gasteiger partial charge < -0.3 is 9.88 Å². The highest BCUT2D eigenvalue weighted by atomic mass is 19.4. The van der Waals surface area contributed by atoms with E-state index in [1.165, 1.54) is 12.1 Å². The van der Waals surface area contributed by atoms with Gasteiger partial charge in [0, 0.05) is 12.7 Å². The summed E-state index contributed by atoms with van der Waals surface area (Å²) in [6, 6.07) is 4.53. The molecule has 0 radical (unpaired) electrons. The van der Waals surface area contributed by atoms with Crippen molar-refractivity contribution in [1.82, 2.24) is 19.7 Å². The Hall–Kier alpha value is -2.42. The van der Waals surface area contributed by atoms with Gasteiger partial charge in [0.25, 0.3) is 0 Å². The number of carbonyl (C=O) groups excluding carboxylic acids is 1. The molecule has 2 aromatic rings. The second-order valence-corrected chi connectivity index (χ2v) is 5.52. The van der Waals surface area contributed by atoms with Gasteiger partial charge in [-0.15, -0.1) is 10.2 Å². The maximum atomic E-state index is 12.7. The molecule has 0 atom stereocenters. The lowest BCUT2D eigenvalue weighted by molar-refractivity contribution is -0.137. The van der Waals surface area contributed by atoms with Gasteiger partial charge >= 0.3 is 6.18 Å². The van der Waals surface area contributed by atoms with E-state index in [1.54, 1.807) is 16.5 Å². The summed E-state index contributed by atoms with van der Waals surface area (Å²) >= 11 is 0. The SMILES string of the molecule is Cc1nnc(CN(C)CC(=O)Nc2cccc(C(F)(F)F)c2)n1C. The normalized spacial score (nSPS) is 11.8. The van der Waals surface area contributed by atoms with Crippen molar-refractivity contribution in [2.75, 3.05) is 18.9 Å². The summed E-state index contributed by atoms with van der Waals surface area (Å²) in [5.41, 5.74) is -0.694. The number of anilines is 1. The van der Waals surface area contributed by atoms with E-state index >= 15 is 0 Å². The second-order valence-electron chi connectivity index (χ2n) is 5.52. The fourth-order valence-electron chi connectivity index (χ4n) is 2.10. The van der Waals surface area contributed by atoms with Crippen molar-refractivity contribution in [3.8, 4) is 0 Å². The molecular formula is C15H18F3N5O. The average molecular weight is 341 g/mol. The third-order valence-corrected chi connectivity index (χ3v) is 3.48. The summed E-state index contributed by atoms with van der Waals surface area (Å²) < 4.78 is 39.8. The standard InChI is InChI=1S/C15H18F3N5O/c1-10-20-21-13(23(10)3)8-22(2)9-14(24)19-12-6-4-5-11(7-12)15(16,17)18/h4-7H,8-9H2,1-3H3,(H,19,24). The van der Waals surface area contributed by atoms with E-state index in [0.717, 1.165) is 18.0 Å². The number of hydrogen-bond acceptors (Lipinski definition) is 4. The van der Waals surface area contributed by atoms with Crippen molar-refractivity contribution in [3.05, 3.63) is 41.5 Å². The molecule has 6 nitrogen and oxygen atoms in total. The van der Waals surface area contributed by atoms with Gasteiger partial charge in [-0.25, -0.2) is 0 Å². The number of rotatable bonds is 5. The number of amides is 1. The summed E-state index contributed by atoms with van der Waals surface area (Å²) in [4.78, 5) is 13.7. The van der Waals surface area contributed by atoms with Crippen molar-refractivity contribution in [3.63, 3.8) is 0 Å². The van der Waals surface area contributed by atoms with Crippen LogP contribution in [0.25, 0.3) is 0 Å². The molecule has 1 amide bonds. The Morgan fingerprint density at radius 1 is 1.33 bits per heavy atom. The Bertz CT molecular complexity index is 726. The number of alkyl halides is 3. The Morgan fingerprint density at radius 3 is 2.62 bits per heavy atom. The van der Waals surface area contributed by atoms with Crippen LogP contribution in [0.1, 0.15) is 17.2 Å². The highest BCUT2D eigenvalue weighted by Gasteiger charge is 2.30. The van der Waals surface area contributed by atoms with Gasteiger partial charge in [0.15, 0.2) is 0 Å². The zero-order chi connectivity index (χ0) is 17.9. The Morgan fingerprint density at radius 2 is 2.04 bits per heavy atom. The van der Waals surface area contributed by atoms with Crippen LogP contribution in [0, 0.1) is 6.92 Å². The highest BCUT2D eigenvalue weighted by molar-refractivity contribution is 5.92. The fraction of sp³-hybridized carbons (Fsp3) is 0.400. The number of aromatic nitrogens is 3. The van der Waals surface area contributed by atoms with Gasteiger partial charge in [0.1, 0.15) is 11.6 Å². The van der Waals surface area contributed by atoms with Gasteiger partial charge in [0.05, 0.1) is 18.7 Å². The topological polar surface area (TPSA) is 63.1 Å². The average Bonchev–Trinajstić information content (AvgIpc) is 2.78. The first-order valence-corrected chi connectivity index (χ1v) is 7.17. The van der Waals surface area contributed by atoms with Crippen molar-refractivity contribution in [2.45, 2.75) is 19.6 Å². The maximum Gasteiger partial charge on any atom is 0.416 e. The number of carbonyl (C=O) groups is 1. The van der Waals surface area contributed by atoms with Crippen molar-refractivity contribution >= 4 is 11.6 Å². The van der Waals surface area contributed by atoms with Crippen LogP contribution in [0.15, 0.2) is 24.3 Å². The molecule has 9 heteroatoms. The zero-order valence-electron chi connectivity index (χ0n) is 13.6. The summed E-state index contributed by atoms with van der Waals surface area (Å²) in [6.45, 7) is 2.23. The molecule has 0 saturated carbocycles. The van der Waals surface area contributed by atoms with Crippen LogP contribution < -0.4 is 5.32 Å². The van der Waals surface area contributed by atoms with Crippen molar-refractivity contribution in [2.24, 2.45) is 7.05 Å². The van der Waals surface area contributed by atoms with Gasteiger partial charge in [-0.05, 0) is 32.2 Å². The third kappa shape index (κ3) is 4.54. The quantitative estimate of drug-likeness (QED) is 0.906. The van der Waals surface area contributed by atoms with E-state index in [2.05, 4.69) is 15.5 Å². The van der Waals surface area contributed by atoms with Crippen LogP contribution >= 0.6 is 0 Å². The van der Waals surface area contributed by atoms with Gasteiger partial charge in [-0.2, -0.15) is 13.2 Å². The molecule has 1 aromatic heterocycles. The largest absolute Gasteiger partial charge is 0.416 e. The number of nitrogens with one attached hydrogen (secondary N) is 1. The first kappa shape index (κ1) is 17.9. The summed E-state index contributed by atoms with van der Waals surface area (Å²) in [5, 5.41) is 10.4. The van der Waals surface area contributed by atoms with E-state index < -0.39 is 17.6 Å². The number of hydrogen-bond donors (Lipinski definition) is 1. The van der Waals surface area contributed by atoms with Crippen LogP contribution in [0.3, 0.4) is 0 Å². The van der Waals surface area contributed by atoms with Crippen LogP contribution in [-0.4, -0.2) is 39.2 Å². The van der Waals surface area contributed by atoms with E-state index in [0.29, 0.717) is 12.4 Å². The molecule has 130 valence electrons. The molecule has 0 aliphatic heterocycles. The van der Waals surface area contributed by atoms with Crippen LogP contribution in [-0.2, 0) is 24.6 Å². The molecule has 0 aliphatic carbocycles. The molecule has 0 saturated heterocycles. The minimum Gasteiger partial charge on any atom is -0.325 e. The van der Waals surface area contributed by atoms with Crippen molar-refractivity contribution in [1.29, 1.82) is 0 Å². The molecule has 1 heterocycles. The van der Waals surface area contributed by atoms with E-state index in [9.17, 15) is 18.0 Å². The molecule has 0 bridgehead atoms. The number of halogens is 3. The van der Waals surface area contributed by atoms with Crippen LogP contribution in [0.5, 0.6) is 0 Å². The number of aryl methyl sites for hydroxylation is 1.